The lowest BCUT2D eigenvalue weighted by Gasteiger charge is -2.14. The van der Waals surface area contributed by atoms with Crippen molar-refractivity contribution in [3.8, 4) is 0 Å². The van der Waals surface area contributed by atoms with Gasteiger partial charge in [-0.05, 0) is 13.3 Å². The van der Waals surface area contributed by atoms with Gasteiger partial charge >= 0.3 is 5.97 Å². The Labute approximate surface area is 144 Å². The van der Waals surface area contributed by atoms with Gasteiger partial charge in [0.2, 0.25) is 0 Å². The molecule has 0 fully saturated rings. The van der Waals surface area contributed by atoms with Crippen LogP contribution >= 0.6 is 0 Å². The first kappa shape index (κ1) is 22.4. The van der Waals surface area contributed by atoms with Crippen molar-refractivity contribution in [2.75, 3.05) is 6.61 Å². The minimum atomic E-state index is -0.834. The highest BCUT2D eigenvalue weighted by atomic mass is 28.3. The maximum Gasteiger partial charge on any atom is 0.306 e. The van der Waals surface area contributed by atoms with Crippen molar-refractivity contribution >= 4 is 19.8 Å². The summed E-state index contributed by atoms with van der Waals surface area (Å²) >= 11 is 0. The molecule has 0 aliphatic carbocycles. The Balaban J connectivity index is 3.29. The summed E-state index contributed by atoms with van der Waals surface area (Å²) in [6.07, 6.45) is 11.3. The highest BCUT2D eigenvalue weighted by Gasteiger charge is 2.11. The summed E-state index contributed by atoms with van der Waals surface area (Å²) in [5.74, 6) is -0.0561. The number of carbonyl (C=O) groups excluding carboxylic acids is 2. The van der Waals surface area contributed by atoms with Crippen LogP contribution in [0.4, 0.5) is 0 Å². The number of hydrogen-bond donors (Lipinski definition) is 0. The van der Waals surface area contributed by atoms with E-state index in [2.05, 4.69) is 19.6 Å². The molecular weight excluding hydrogens is 304 g/mol. The van der Waals surface area contributed by atoms with Gasteiger partial charge in [0.25, 0.3) is 0 Å². The standard InChI is InChI=1S/C19H38O3Si/c1-5-22-19(21)16-15-18(20)14-12-10-8-6-7-9-11-13-17-23(2,3)4/h5-17H2,1-4H3. The van der Waals surface area contributed by atoms with E-state index in [1.165, 1.54) is 44.6 Å². The molecule has 0 aliphatic rings. The molecule has 0 aromatic rings. The van der Waals surface area contributed by atoms with Crippen LogP contribution in [0.2, 0.25) is 25.7 Å². The summed E-state index contributed by atoms with van der Waals surface area (Å²) in [5.41, 5.74) is 0. The van der Waals surface area contributed by atoms with E-state index in [1.807, 2.05) is 0 Å². The van der Waals surface area contributed by atoms with E-state index in [-0.39, 0.29) is 18.2 Å². The van der Waals surface area contributed by atoms with Gasteiger partial charge in [-0.25, -0.2) is 0 Å². The predicted molar refractivity (Wildman–Crippen MR) is 101 cm³/mol. The molecule has 0 aliphatic heterocycles. The average molecular weight is 343 g/mol. The molecule has 136 valence electrons. The third-order valence-electron chi connectivity index (χ3n) is 4.05. The Hall–Kier alpha value is -0.643. The second-order valence-electron chi connectivity index (χ2n) is 7.73. The maximum atomic E-state index is 11.6. The molecule has 0 saturated heterocycles. The summed E-state index contributed by atoms with van der Waals surface area (Å²) in [6, 6.07) is 1.46. The van der Waals surface area contributed by atoms with Crippen LogP contribution < -0.4 is 0 Å². The lowest BCUT2D eigenvalue weighted by atomic mass is 10.0. The molecule has 0 rings (SSSR count). The van der Waals surface area contributed by atoms with Gasteiger partial charge in [0.05, 0.1) is 13.0 Å². The Bertz CT molecular complexity index is 321. The highest BCUT2D eigenvalue weighted by Crippen LogP contribution is 2.16. The minimum Gasteiger partial charge on any atom is -0.466 e. The number of Topliss-reactive ketones (excluding diaryl/α,β-unsaturated/α-hetero) is 1. The molecule has 0 atom stereocenters. The molecule has 0 bridgehead atoms. The fourth-order valence-corrected chi connectivity index (χ4v) is 3.95. The van der Waals surface area contributed by atoms with Crippen molar-refractivity contribution < 1.29 is 14.3 Å². The molecule has 4 heteroatoms. The highest BCUT2D eigenvalue weighted by molar-refractivity contribution is 6.76. The Kier molecular flexibility index (Phi) is 13.4. The van der Waals surface area contributed by atoms with Crippen LogP contribution in [-0.2, 0) is 14.3 Å². The SMILES string of the molecule is CCOC(=O)CCC(=O)CCCCCCCCCC[Si](C)(C)C. The zero-order valence-electron chi connectivity index (χ0n) is 15.9. The summed E-state index contributed by atoms with van der Waals surface area (Å²) < 4.78 is 4.82. The number of hydrogen-bond acceptors (Lipinski definition) is 3. The van der Waals surface area contributed by atoms with E-state index in [0.29, 0.717) is 19.4 Å². The van der Waals surface area contributed by atoms with Gasteiger partial charge in [-0.2, -0.15) is 0 Å². The molecule has 0 aromatic heterocycles. The smallest absolute Gasteiger partial charge is 0.306 e. The Morgan fingerprint density at radius 1 is 0.739 bits per heavy atom. The molecule has 0 N–H and O–H groups in total. The molecule has 0 heterocycles. The zero-order chi connectivity index (χ0) is 17.6. The van der Waals surface area contributed by atoms with Crippen LogP contribution in [-0.4, -0.2) is 26.4 Å². The third-order valence-corrected chi connectivity index (χ3v) is 5.90. The van der Waals surface area contributed by atoms with Gasteiger partial charge < -0.3 is 4.74 Å². The zero-order valence-corrected chi connectivity index (χ0v) is 16.9. The number of esters is 1. The minimum absolute atomic E-state index is 0.199. The van der Waals surface area contributed by atoms with Crippen molar-refractivity contribution in [3.05, 3.63) is 0 Å². The van der Waals surface area contributed by atoms with E-state index >= 15 is 0 Å². The van der Waals surface area contributed by atoms with Crippen molar-refractivity contribution in [1.29, 1.82) is 0 Å². The number of rotatable bonds is 15. The largest absolute Gasteiger partial charge is 0.466 e. The van der Waals surface area contributed by atoms with E-state index in [0.717, 1.165) is 12.8 Å². The second-order valence-corrected chi connectivity index (χ2v) is 13.4. The number of ether oxygens (including phenoxy) is 1. The lowest BCUT2D eigenvalue weighted by Crippen LogP contribution is -2.18. The molecule has 23 heavy (non-hydrogen) atoms. The van der Waals surface area contributed by atoms with Gasteiger partial charge in [0.15, 0.2) is 0 Å². The van der Waals surface area contributed by atoms with Crippen molar-refractivity contribution in [2.45, 2.75) is 103 Å². The number of ketones is 1. The lowest BCUT2D eigenvalue weighted by molar-refractivity contribution is -0.144. The molecule has 0 radical (unpaired) electrons. The Morgan fingerprint density at radius 2 is 1.26 bits per heavy atom. The molecule has 0 unspecified atom stereocenters. The van der Waals surface area contributed by atoms with Crippen LogP contribution in [0.1, 0.15) is 77.6 Å². The molecule has 3 nitrogen and oxygen atoms in total. The van der Waals surface area contributed by atoms with Crippen LogP contribution in [0.25, 0.3) is 0 Å². The van der Waals surface area contributed by atoms with E-state index in [4.69, 9.17) is 4.74 Å². The van der Waals surface area contributed by atoms with E-state index in [9.17, 15) is 9.59 Å². The van der Waals surface area contributed by atoms with Crippen molar-refractivity contribution in [3.63, 3.8) is 0 Å². The van der Waals surface area contributed by atoms with Gasteiger partial charge in [0.1, 0.15) is 5.78 Å². The van der Waals surface area contributed by atoms with Crippen LogP contribution in [0, 0.1) is 0 Å². The maximum absolute atomic E-state index is 11.6. The van der Waals surface area contributed by atoms with Gasteiger partial charge in [0, 0.05) is 20.9 Å². The third kappa shape index (κ3) is 17.5. The predicted octanol–water partition coefficient (Wildman–Crippen LogP) is 5.75. The quantitative estimate of drug-likeness (QED) is 0.216. The molecular formula is C19H38O3Si. The van der Waals surface area contributed by atoms with Gasteiger partial charge in [-0.15, -0.1) is 0 Å². The number of carbonyl (C=O) groups is 2. The van der Waals surface area contributed by atoms with Crippen LogP contribution in [0.15, 0.2) is 0 Å². The first-order valence-electron chi connectivity index (χ1n) is 9.52. The van der Waals surface area contributed by atoms with Crippen molar-refractivity contribution in [1.82, 2.24) is 0 Å². The molecule has 0 spiro atoms. The second kappa shape index (κ2) is 13.8. The van der Waals surface area contributed by atoms with Gasteiger partial charge in [-0.3, -0.25) is 9.59 Å². The monoisotopic (exact) mass is 342 g/mol. The first-order valence-corrected chi connectivity index (χ1v) is 13.2. The summed E-state index contributed by atoms with van der Waals surface area (Å²) in [6.45, 7) is 9.51. The Morgan fingerprint density at radius 3 is 1.78 bits per heavy atom. The van der Waals surface area contributed by atoms with Gasteiger partial charge in [-0.1, -0.05) is 70.6 Å². The first-order chi connectivity index (χ1) is 10.8. The average Bonchev–Trinajstić information content (AvgIpc) is 2.46. The normalized spacial score (nSPS) is 11.5. The summed E-state index contributed by atoms with van der Waals surface area (Å²) in [5, 5.41) is 0. The van der Waals surface area contributed by atoms with E-state index in [1.54, 1.807) is 6.92 Å². The fourth-order valence-electron chi connectivity index (χ4n) is 2.64. The molecule has 0 saturated carbocycles. The molecule has 0 aromatic carbocycles. The van der Waals surface area contributed by atoms with Crippen LogP contribution in [0.3, 0.4) is 0 Å². The van der Waals surface area contributed by atoms with Crippen molar-refractivity contribution in [2.24, 2.45) is 0 Å². The van der Waals surface area contributed by atoms with Crippen LogP contribution in [0.5, 0.6) is 0 Å². The fraction of sp³-hybridized carbons (Fsp3) is 0.895. The topological polar surface area (TPSA) is 43.4 Å². The summed E-state index contributed by atoms with van der Waals surface area (Å²) in [4.78, 5) is 22.8. The number of unbranched alkanes of at least 4 members (excludes halogenated alkanes) is 7. The van der Waals surface area contributed by atoms with E-state index < -0.39 is 8.07 Å². The molecule has 0 amide bonds. The summed E-state index contributed by atoms with van der Waals surface area (Å²) in [7, 11) is -0.834.